The highest BCUT2D eigenvalue weighted by Gasteiger charge is 2.13. The van der Waals surface area contributed by atoms with Crippen molar-refractivity contribution in [2.45, 2.75) is 24.7 Å². The number of sulfonamides is 1. The van der Waals surface area contributed by atoms with Gasteiger partial charge in [-0.15, -0.1) is 0 Å². The maximum Gasteiger partial charge on any atom is 0.262 e. The lowest BCUT2D eigenvalue weighted by atomic mass is 10.3. The first kappa shape index (κ1) is 19.0. The first-order valence-electron chi connectivity index (χ1n) is 8.08. The summed E-state index contributed by atoms with van der Waals surface area (Å²) in [5.74, 6) is 0.139. The van der Waals surface area contributed by atoms with Gasteiger partial charge in [-0.1, -0.05) is 31.5 Å². The second-order valence-electron chi connectivity index (χ2n) is 5.43. The van der Waals surface area contributed by atoms with Gasteiger partial charge in [0, 0.05) is 12.2 Å². The van der Waals surface area contributed by atoms with Crippen LogP contribution in [0.25, 0.3) is 0 Å². The van der Waals surface area contributed by atoms with Crippen molar-refractivity contribution in [2.75, 3.05) is 18.5 Å². The molecule has 0 bridgehead atoms. The fraction of sp³-hybridized carbons (Fsp3) is 0.278. The lowest BCUT2D eigenvalue weighted by molar-refractivity contribution is -0.118. The summed E-state index contributed by atoms with van der Waals surface area (Å²) in [5, 5.41) is 2.71. The number of benzene rings is 2. The zero-order valence-electron chi connectivity index (χ0n) is 14.1. The number of hydrogen-bond acceptors (Lipinski definition) is 4. The monoisotopic (exact) mass is 362 g/mol. The minimum Gasteiger partial charge on any atom is -0.484 e. The molecule has 0 aromatic heterocycles. The van der Waals surface area contributed by atoms with Gasteiger partial charge in [0.15, 0.2) is 6.61 Å². The third-order valence-corrected chi connectivity index (χ3v) is 4.86. The van der Waals surface area contributed by atoms with Crippen LogP contribution in [0.4, 0.5) is 5.69 Å². The summed E-state index contributed by atoms with van der Waals surface area (Å²) in [6.07, 6.45) is 1.71. The number of ether oxygens (including phenoxy) is 1. The molecule has 2 N–H and O–H groups in total. The number of nitrogens with one attached hydrogen (secondary N) is 2. The summed E-state index contributed by atoms with van der Waals surface area (Å²) in [6.45, 7) is 2.25. The molecule has 0 atom stereocenters. The maximum atomic E-state index is 12.1. The van der Waals surface area contributed by atoms with E-state index in [0.29, 0.717) is 18.0 Å². The molecular formula is C18H22N2O4S. The smallest absolute Gasteiger partial charge is 0.262 e. The molecule has 2 rings (SSSR count). The van der Waals surface area contributed by atoms with E-state index in [-0.39, 0.29) is 17.4 Å². The molecule has 0 aliphatic rings. The van der Waals surface area contributed by atoms with E-state index in [4.69, 9.17) is 4.74 Å². The topological polar surface area (TPSA) is 84.5 Å². The van der Waals surface area contributed by atoms with Crippen LogP contribution in [-0.2, 0) is 14.8 Å². The molecular weight excluding hydrogens is 340 g/mol. The van der Waals surface area contributed by atoms with Gasteiger partial charge in [-0.05, 0) is 42.8 Å². The van der Waals surface area contributed by atoms with E-state index in [1.807, 2.05) is 25.1 Å². The Balaban J connectivity index is 1.86. The second-order valence-corrected chi connectivity index (χ2v) is 7.19. The Bertz CT molecular complexity index is 774. The summed E-state index contributed by atoms with van der Waals surface area (Å²) < 4.78 is 32.1. The van der Waals surface area contributed by atoms with Crippen LogP contribution < -0.4 is 14.8 Å². The number of rotatable bonds is 9. The largest absolute Gasteiger partial charge is 0.484 e. The first-order chi connectivity index (χ1) is 12.0. The summed E-state index contributed by atoms with van der Waals surface area (Å²) in [5.41, 5.74) is 0.690. The van der Waals surface area contributed by atoms with Crippen LogP contribution in [0.15, 0.2) is 59.5 Å². The molecule has 134 valence electrons. The summed E-state index contributed by atoms with van der Waals surface area (Å²) in [6, 6.07) is 15.0. The van der Waals surface area contributed by atoms with E-state index in [9.17, 15) is 13.2 Å². The maximum absolute atomic E-state index is 12.1. The number of carbonyl (C=O) groups excluding carboxylic acids is 1. The average Bonchev–Trinajstić information content (AvgIpc) is 2.61. The summed E-state index contributed by atoms with van der Waals surface area (Å²) >= 11 is 0. The van der Waals surface area contributed by atoms with Crippen molar-refractivity contribution in [3.8, 4) is 5.75 Å². The van der Waals surface area contributed by atoms with E-state index in [0.717, 1.165) is 12.8 Å². The van der Waals surface area contributed by atoms with Gasteiger partial charge in [0.2, 0.25) is 10.0 Å². The van der Waals surface area contributed by atoms with Gasteiger partial charge in [0.25, 0.3) is 5.91 Å². The molecule has 0 radical (unpaired) electrons. The Hall–Kier alpha value is -2.38. The number of anilines is 1. The van der Waals surface area contributed by atoms with Crippen molar-refractivity contribution >= 4 is 21.6 Å². The molecule has 0 unspecified atom stereocenters. The van der Waals surface area contributed by atoms with Crippen molar-refractivity contribution in [3.63, 3.8) is 0 Å². The van der Waals surface area contributed by atoms with Gasteiger partial charge in [-0.25, -0.2) is 13.1 Å². The van der Waals surface area contributed by atoms with Crippen LogP contribution in [-0.4, -0.2) is 27.5 Å². The fourth-order valence-corrected chi connectivity index (χ4v) is 3.12. The van der Waals surface area contributed by atoms with E-state index in [2.05, 4.69) is 10.0 Å². The zero-order valence-corrected chi connectivity index (χ0v) is 14.9. The molecule has 0 aliphatic carbocycles. The highest BCUT2D eigenvalue weighted by Crippen LogP contribution is 2.16. The lowest BCUT2D eigenvalue weighted by Gasteiger charge is -2.09. The predicted molar refractivity (Wildman–Crippen MR) is 97.1 cm³/mol. The normalized spacial score (nSPS) is 11.1. The third kappa shape index (κ3) is 6.21. The lowest BCUT2D eigenvalue weighted by Crippen LogP contribution is -2.24. The molecule has 0 heterocycles. The quantitative estimate of drug-likeness (QED) is 0.672. The Labute approximate surface area is 148 Å². The minimum atomic E-state index is -3.51. The van der Waals surface area contributed by atoms with E-state index >= 15 is 0 Å². The van der Waals surface area contributed by atoms with Gasteiger partial charge in [0.05, 0.1) is 4.90 Å². The van der Waals surface area contributed by atoms with Crippen LogP contribution in [0.3, 0.4) is 0 Å². The average molecular weight is 362 g/mol. The van der Waals surface area contributed by atoms with Gasteiger partial charge in [-0.3, -0.25) is 4.79 Å². The van der Waals surface area contributed by atoms with Crippen LogP contribution >= 0.6 is 0 Å². The molecule has 0 aliphatic heterocycles. The molecule has 0 fully saturated rings. The van der Waals surface area contributed by atoms with E-state index in [1.54, 1.807) is 12.1 Å². The van der Waals surface area contributed by atoms with Crippen molar-refractivity contribution in [3.05, 3.63) is 54.6 Å². The van der Waals surface area contributed by atoms with Crippen LogP contribution in [0.5, 0.6) is 5.75 Å². The first-order valence-corrected chi connectivity index (χ1v) is 9.57. The number of para-hydroxylation sites is 1. The predicted octanol–water partition coefficient (Wildman–Crippen LogP) is 2.78. The number of carbonyl (C=O) groups is 1. The zero-order chi connectivity index (χ0) is 18.1. The Morgan fingerprint density at radius 3 is 2.36 bits per heavy atom. The van der Waals surface area contributed by atoms with Gasteiger partial charge < -0.3 is 10.1 Å². The minimum absolute atomic E-state index is 0.157. The van der Waals surface area contributed by atoms with Crippen molar-refractivity contribution in [2.24, 2.45) is 0 Å². The Kier molecular flexibility index (Phi) is 6.97. The van der Waals surface area contributed by atoms with Gasteiger partial charge in [0.1, 0.15) is 5.75 Å². The molecule has 6 nitrogen and oxygen atoms in total. The van der Waals surface area contributed by atoms with Gasteiger partial charge in [-0.2, -0.15) is 0 Å². The summed E-state index contributed by atoms with van der Waals surface area (Å²) in [4.78, 5) is 12.0. The second kappa shape index (κ2) is 9.19. The van der Waals surface area contributed by atoms with Crippen LogP contribution in [0.1, 0.15) is 19.8 Å². The molecule has 0 saturated heterocycles. The molecule has 1 amide bonds. The molecule has 0 saturated carbocycles. The fourth-order valence-electron chi connectivity index (χ4n) is 2.05. The molecule has 2 aromatic rings. The number of unbranched alkanes of at least 4 members (excludes halogenated alkanes) is 1. The van der Waals surface area contributed by atoms with E-state index < -0.39 is 10.0 Å². The highest BCUT2D eigenvalue weighted by molar-refractivity contribution is 7.89. The van der Waals surface area contributed by atoms with Crippen molar-refractivity contribution < 1.29 is 17.9 Å². The number of amides is 1. The van der Waals surface area contributed by atoms with Crippen LogP contribution in [0, 0.1) is 0 Å². The van der Waals surface area contributed by atoms with Crippen molar-refractivity contribution in [1.82, 2.24) is 4.72 Å². The Morgan fingerprint density at radius 1 is 1.04 bits per heavy atom. The summed E-state index contributed by atoms with van der Waals surface area (Å²) in [7, 11) is -3.51. The van der Waals surface area contributed by atoms with E-state index in [1.165, 1.54) is 24.3 Å². The number of hydrogen-bond donors (Lipinski definition) is 2. The van der Waals surface area contributed by atoms with Crippen LogP contribution in [0.2, 0.25) is 0 Å². The Morgan fingerprint density at radius 2 is 1.72 bits per heavy atom. The highest BCUT2D eigenvalue weighted by atomic mass is 32.2. The van der Waals surface area contributed by atoms with Crippen molar-refractivity contribution in [1.29, 1.82) is 0 Å². The standard InChI is InChI=1S/C18H22N2O4S/c1-2-3-13-19-25(22,23)17-11-9-16(10-12-17)24-14-18(21)20-15-7-5-4-6-8-15/h4-12,19H,2-3,13-14H2,1H3,(H,20,21). The third-order valence-electron chi connectivity index (χ3n) is 3.38. The molecule has 25 heavy (non-hydrogen) atoms. The molecule has 0 spiro atoms. The SMILES string of the molecule is CCCCNS(=O)(=O)c1ccc(OCC(=O)Nc2ccccc2)cc1. The molecule has 2 aromatic carbocycles. The van der Waals surface area contributed by atoms with Gasteiger partial charge >= 0.3 is 0 Å². The molecule has 7 heteroatoms.